The largest absolute Gasteiger partial charge is 0.467 e. The fraction of sp³-hybridized carbons (Fsp3) is 0.467. The zero-order valence-corrected chi connectivity index (χ0v) is 13.2. The zero-order valence-electron chi connectivity index (χ0n) is 12.4. The Balaban J connectivity index is 1.96. The maximum atomic E-state index is 12.7. The number of rotatable bonds is 1. The van der Waals surface area contributed by atoms with Crippen LogP contribution in [-0.4, -0.2) is 45.3 Å². The fourth-order valence-corrected chi connectivity index (χ4v) is 4.03. The number of Topliss-reactive ketones (excluding diaryl/α,β-unsaturated/α-hetero) is 1. The van der Waals surface area contributed by atoms with E-state index in [1.807, 2.05) is 0 Å². The highest BCUT2D eigenvalue weighted by Gasteiger charge is 2.52. The molecule has 0 saturated heterocycles. The summed E-state index contributed by atoms with van der Waals surface area (Å²) in [5.74, 6) is -1.01. The van der Waals surface area contributed by atoms with E-state index < -0.39 is 22.9 Å². The summed E-state index contributed by atoms with van der Waals surface area (Å²) in [5, 5.41) is 22.0. The summed E-state index contributed by atoms with van der Waals surface area (Å²) in [6.07, 6.45) is 0.252. The SMILES string of the molecule is O=C1C2=C3OC=C(Cl)CC3CN3C(=O)CC(O)C(=C23)CC1[N+](=O)[O-]. The molecule has 24 heavy (non-hydrogen) atoms. The van der Waals surface area contributed by atoms with Crippen molar-refractivity contribution >= 4 is 23.3 Å². The molecule has 0 bridgehead atoms. The Morgan fingerprint density at radius 3 is 2.79 bits per heavy atom. The molecule has 0 spiro atoms. The number of ether oxygens (including phenoxy) is 1. The number of fused-ring (bicyclic) bond motifs is 1. The molecule has 0 radical (unpaired) electrons. The van der Waals surface area contributed by atoms with Gasteiger partial charge in [0.15, 0.2) is 0 Å². The Kier molecular flexibility index (Phi) is 3.29. The Labute approximate surface area is 141 Å². The van der Waals surface area contributed by atoms with Crippen molar-refractivity contribution in [2.45, 2.75) is 31.4 Å². The minimum absolute atomic E-state index is 0.0433. The van der Waals surface area contributed by atoms with Crippen LogP contribution in [0.4, 0.5) is 0 Å². The van der Waals surface area contributed by atoms with Gasteiger partial charge >= 0.3 is 0 Å². The van der Waals surface area contributed by atoms with E-state index in [1.165, 1.54) is 11.2 Å². The number of ketones is 1. The summed E-state index contributed by atoms with van der Waals surface area (Å²) in [5.41, 5.74) is 0.697. The van der Waals surface area contributed by atoms with Crippen molar-refractivity contribution in [3.8, 4) is 0 Å². The number of aliphatic hydroxyl groups excluding tert-OH is 1. The quantitative estimate of drug-likeness (QED) is 0.553. The molecule has 4 rings (SSSR count). The van der Waals surface area contributed by atoms with Gasteiger partial charge in [-0.2, -0.15) is 0 Å². The molecule has 0 fully saturated rings. The first-order valence-electron chi connectivity index (χ1n) is 7.53. The number of hydrogen-bond donors (Lipinski definition) is 1. The number of carbonyl (C=O) groups excluding carboxylic acids is 2. The summed E-state index contributed by atoms with van der Waals surface area (Å²) in [4.78, 5) is 37.1. The highest BCUT2D eigenvalue weighted by molar-refractivity contribution is 6.29. The molecule has 3 heterocycles. The lowest BCUT2D eigenvalue weighted by atomic mass is 9.76. The highest BCUT2D eigenvalue weighted by Crippen LogP contribution is 2.46. The third-order valence-electron chi connectivity index (χ3n) is 4.87. The molecule has 126 valence electrons. The molecule has 3 aliphatic heterocycles. The lowest BCUT2D eigenvalue weighted by Gasteiger charge is -2.44. The number of nitro groups is 1. The van der Waals surface area contributed by atoms with Gasteiger partial charge < -0.3 is 14.7 Å². The summed E-state index contributed by atoms with van der Waals surface area (Å²) in [6.45, 7) is 0.281. The monoisotopic (exact) mass is 352 g/mol. The van der Waals surface area contributed by atoms with Crippen LogP contribution in [0.15, 0.2) is 33.9 Å². The van der Waals surface area contributed by atoms with Crippen molar-refractivity contribution < 1.29 is 24.4 Å². The minimum Gasteiger partial charge on any atom is -0.467 e. The van der Waals surface area contributed by atoms with Crippen LogP contribution in [-0.2, 0) is 14.3 Å². The average molecular weight is 353 g/mol. The Morgan fingerprint density at radius 2 is 2.08 bits per heavy atom. The maximum Gasteiger partial charge on any atom is 0.278 e. The van der Waals surface area contributed by atoms with Crippen LogP contribution in [0, 0.1) is 16.0 Å². The van der Waals surface area contributed by atoms with Crippen LogP contribution in [0.2, 0.25) is 0 Å². The molecule has 1 amide bonds. The topological polar surface area (TPSA) is 110 Å². The van der Waals surface area contributed by atoms with E-state index in [0.29, 0.717) is 28.5 Å². The summed E-state index contributed by atoms with van der Waals surface area (Å²) in [7, 11) is 0. The maximum absolute atomic E-state index is 12.7. The number of amides is 1. The van der Waals surface area contributed by atoms with Gasteiger partial charge in [0.2, 0.25) is 11.7 Å². The van der Waals surface area contributed by atoms with Crippen molar-refractivity contribution in [3.63, 3.8) is 0 Å². The fourth-order valence-electron chi connectivity index (χ4n) is 3.80. The van der Waals surface area contributed by atoms with Gasteiger partial charge in [0.1, 0.15) is 12.0 Å². The van der Waals surface area contributed by atoms with Gasteiger partial charge in [-0.15, -0.1) is 0 Å². The van der Waals surface area contributed by atoms with Gasteiger partial charge in [0, 0.05) is 23.8 Å². The second-order valence-electron chi connectivity index (χ2n) is 6.29. The summed E-state index contributed by atoms with van der Waals surface area (Å²) >= 11 is 5.99. The molecule has 0 aromatic rings. The first-order valence-corrected chi connectivity index (χ1v) is 7.91. The number of halogens is 1. The number of allylic oxidation sites excluding steroid dienone is 2. The summed E-state index contributed by atoms with van der Waals surface area (Å²) < 4.78 is 5.49. The van der Waals surface area contributed by atoms with Gasteiger partial charge in [-0.05, 0) is 12.0 Å². The van der Waals surface area contributed by atoms with Crippen LogP contribution in [0.25, 0.3) is 0 Å². The van der Waals surface area contributed by atoms with Crippen LogP contribution >= 0.6 is 11.6 Å². The van der Waals surface area contributed by atoms with Crippen LogP contribution in [0.5, 0.6) is 0 Å². The van der Waals surface area contributed by atoms with E-state index in [2.05, 4.69) is 0 Å². The molecule has 0 aromatic heterocycles. The molecule has 9 heteroatoms. The van der Waals surface area contributed by atoms with Gasteiger partial charge in [-0.3, -0.25) is 19.7 Å². The standard InChI is InChI=1S/C15H13ClN2O6/c16-7-1-6-4-17-11(20)3-10(19)8-2-9(18(22)23)14(21)12(13(8)17)15(6)24-5-7/h5-6,9-10,19H,1-4H2. The molecule has 4 aliphatic rings. The van der Waals surface area contributed by atoms with E-state index in [9.17, 15) is 24.8 Å². The van der Waals surface area contributed by atoms with Crippen molar-refractivity contribution in [1.82, 2.24) is 4.90 Å². The molecular formula is C15H13ClN2O6. The smallest absolute Gasteiger partial charge is 0.278 e. The number of hydrogen-bond acceptors (Lipinski definition) is 6. The number of nitrogens with zero attached hydrogens (tertiary/aromatic N) is 2. The van der Waals surface area contributed by atoms with Crippen molar-refractivity contribution in [3.05, 3.63) is 44.0 Å². The van der Waals surface area contributed by atoms with E-state index in [4.69, 9.17) is 16.3 Å². The van der Waals surface area contributed by atoms with Crippen LogP contribution in [0.3, 0.4) is 0 Å². The Hall–Kier alpha value is -2.19. The molecule has 0 saturated carbocycles. The molecule has 1 aliphatic carbocycles. The lowest BCUT2D eigenvalue weighted by Crippen LogP contribution is -2.52. The Morgan fingerprint density at radius 1 is 1.33 bits per heavy atom. The third-order valence-corrected chi connectivity index (χ3v) is 5.12. The molecule has 3 atom stereocenters. The number of aliphatic hydroxyl groups is 1. The first-order chi connectivity index (χ1) is 11.4. The Bertz CT molecular complexity index is 783. The molecular weight excluding hydrogens is 340 g/mol. The van der Waals surface area contributed by atoms with Crippen LogP contribution in [0.1, 0.15) is 19.3 Å². The number of carbonyl (C=O) groups is 2. The second kappa shape index (κ2) is 5.15. The second-order valence-corrected chi connectivity index (χ2v) is 6.78. The molecule has 0 aromatic carbocycles. The lowest BCUT2D eigenvalue weighted by molar-refractivity contribution is -0.506. The van der Waals surface area contributed by atoms with Crippen molar-refractivity contribution in [2.24, 2.45) is 5.92 Å². The van der Waals surface area contributed by atoms with E-state index in [-0.39, 0.29) is 36.8 Å². The predicted octanol–water partition coefficient (Wildman–Crippen LogP) is 0.836. The molecule has 1 N–H and O–H groups in total. The van der Waals surface area contributed by atoms with Crippen LogP contribution < -0.4 is 0 Å². The predicted molar refractivity (Wildman–Crippen MR) is 79.9 cm³/mol. The highest BCUT2D eigenvalue weighted by atomic mass is 35.5. The van der Waals surface area contributed by atoms with Gasteiger partial charge in [-0.1, -0.05) is 11.6 Å². The van der Waals surface area contributed by atoms with Gasteiger partial charge in [0.25, 0.3) is 6.04 Å². The van der Waals surface area contributed by atoms with Gasteiger partial charge in [-0.25, -0.2) is 0 Å². The molecule has 8 nitrogen and oxygen atoms in total. The normalized spacial score (nSPS) is 32.2. The average Bonchev–Trinajstić information content (AvgIpc) is 2.52. The van der Waals surface area contributed by atoms with Crippen molar-refractivity contribution in [1.29, 1.82) is 0 Å². The third kappa shape index (κ3) is 2.03. The van der Waals surface area contributed by atoms with E-state index in [1.54, 1.807) is 0 Å². The molecule has 3 unspecified atom stereocenters. The van der Waals surface area contributed by atoms with Crippen molar-refractivity contribution in [2.75, 3.05) is 6.54 Å². The zero-order chi connectivity index (χ0) is 17.2. The minimum atomic E-state index is -1.47. The van der Waals surface area contributed by atoms with Gasteiger partial charge in [0.05, 0.1) is 28.8 Å². The summed E-state index contributed by atoms with van der Waals surface area (Å²) in [6, 6.07) is -1.47. The van der Waals surface area contributed by atoms with E-state index in [0.717, 1.165) is 0 Å². The van der Waals surface area contributed by atoms with E-state index >= 15 is 0 Å². The first kappa shape index (κ1) is 15.3.